The molecule has 28 heavy (non-hydrogen) atoms. The Kier molecular flexibility index (Phi) is 6.95. The number of para-hydroxylation sites is 2. The Labute approximate surface area is 168 Å². The number of quaternary nitrogens is 1. The summed E-state index contributed by atoms with van der Waals surface area (Å²) in [4.78, 5) is 20.3. The molecule has 0 aliphatic rings. The smallest absolute Gasteiger partial charge is 0.266 e. The van der Waals surface area contributed by atoms with Crippen LogP contribution < -0.4 is 14.5 Å². The first-order valence-electron chi connectivity index (χ1n) is 9.49. The Hall–Kier alpha value is -2.51. The fourth-order valence-electron chi connectivity index (χ4n) is 2.96. The molecule has 1 N–H and O–H groups in total. The molecule has 1 amide bonds. The van der Waals surface area contributed by atoms with Crippen molar-refractivity contribution in [2.45, 2.75) is 13.8 Å². The summed E-state index contributed by atoms with van der Waals surface area (Å²) in [6, 6.07) is 14.1. The molecule has 0 atom stereocenters. The van der Waals surface area contributed by atoms with Crippen molar-refractivity contribution < 1.29 is 18.8 Å². The standard InChI is InChI=1S/C21H24FN3O2S/c1-3-24(4-2)13-14-25(19(26)15-27-16-9-6-5-7-10-16)21-23-20-17(22)11-8-12-18(20)28-21/h5-12H,3-4,13-15H2,1-2H3/p+1. The lowest BCUT2D eigenvalue weighted by molar-refractivity contribution is -0.894. The fraction of sp³-hybridized carbons (Fsp3) is 0.333. The van der Waals surface area contributed by atoms with E-state index >= 15 is 0 Å². The number of ether oxygens (including phenoxy) is 1. The van der Waals surface area contributed by atoms with Crippen molar-refractivity contribution >= 4 is 32.6 Å². The number of nitrogens with zero attached hydrogens (tertiary/aromatic N) is 2. The van der Waals surface area contributed by atoms with E-state index < -0.39 is 0 Å². The maximum atomic E-state index is 14.1. The van der Waals surface area contributed by atoms with Crippen molar-refractivity contribution in [2.24, 2.45) is 0 Å². The van der Waals surface area contributed by atoms with Crippen LogP contribution in [0.5, 0.6) is 5.75 Å². The molecule has 0 aliphatic carbocycles. The third-order valence-corrected chi connectivity index (χ3v) is 5.73. The van der Waals surface area contributed by atoms with Crippen LogP contribution in [-0.2, 0) is 4.79 Å². The van der Waals surface area contributed by atoms with Gasteiger partial charge in [-0.3, -0.25) is 9.69 Å². The van der Waals surface area contributed by atoms with E-state index in [4.69, 9.17) is 4.74 Å². The lowest BCUT2D eigenvalue weighted by Gasteiger charge is -2.23. The van der Waals surface area contributed by atoms with Crippen molar-refractivity contribution in [1.29, 1.82) is 0 Å². The van der Waals surface area contributed by atoms with Crippen LogP contribution in [0.1, 0.15) is 13.8 Å². The third-order valence-electron chi connectivity index (χ3n) is 4.68. The first kappa shape index (κ1) is 20.2. The number of carbonyl (C=O) groups is 1. The number of aromatic nitrogens is 1. The predicted octanol–water partition coefficient (Wildman–Crippen LogP) is 2.77. The zero-order chi connectivity index (χ0) is 19.9. The van der Waals surface area contributed by atoms with Gasteiger partial charge in [-0.2, -0.15) is 0 Å². The van der Waals surface area contributed by atoms with E-state index in [1.165, 1.54) is 22.3 Å². The number of benzene rings is 2. The second-order valence-electron chi connectivity index (χ2n) is 6.44. The number of amides is 1. The number of nitrogens with one attached hydrogen (secondary N) is 1. The van der Waals surface area contributed by atoms with Crippen LogP contribution in [0.15, 0.2) is 48.5 Å². The van der Waals surface area contributed by atoms with Crippen LogP contribution in [0, 0.1) is 5.82 Å². The summed E-state index contributed by atoms with van der Waals surface area (Å²) in [6.07, 6.45) is 0. The van der Waals surface area contributed by atoms with Gasteiger partial charge >= 0.3 is 0 Å². The van der Waals surface area contributed by atoms with Crippen LogP contribution in [0.3, 0.4) is 0 Å². The summed E-state index contributed by atoms with van der Waals surface area (Å²) in [7, 11) is 0. The van der Waals surface area contributed by atoms with Gasteiger partial charge in [0.15, 0.2) is 11.7 Å². The van der Waals surface area contributed by atoms with Gasteiger partial charge in [0.05, 0.1) is 30.9 Å². The maximum absolute atomic E-state index is 14.1. The van der Waals surface area contributed by atoms with Crippen molar-refractivity contribution in [1.82, 2.24) is 4.98 Å². The average Bonchev–Trinajstić information content (AvgIpc) is 3.15. The number of thiazole rings is 1. The first-order chi connectivity index (χ1) is 13.6. The number of carbonyl (C=O) groups excluding carboxylic acids is 1. The van der Waals surface area contributed by atoms with Crippen LogP contribution >= 0.6 is 11.3 Å². The Bertz CT molecular complexity index is 912. The van der Waals surface area contributed by atoms with Crippen molar-refractivity contribution in [2.75, 3.05) is 37.7 Å². The van der Waals surface area contributed by atoms with E-state index in [0.717, 1.165) is 24.3 Å². The van der Waals surface area contributed by atoms with Crippen LogP contribution in [0.25, 0.3) is 10.2 Å². The molecule has 0 saturated carbocycles. The number of anilines is 1. The highest BCUT2D eigenvalue weighted by molar-refractivity contribution is 7.22. The number of fused-ring (bicyclic) bond motifs is 1. The van der Waals surface area contributed by atoms with Crippen molar-refractivity contribution in [3.63, 3.8) is 0 Å². The van der Waals surface area contributed by atoms with Gasteiger partial charge in [0.25, 0.3) is 5.91 Å². The molecule has 0 saturated heterocycles. The minimum absolute atomic E-state index is 0.0873. The number of hydrogen-bond donors (Lipinski definition) is 1. The second kappa shape index (κ2) is 9.61. The summed E-state index contributed by atoms with van der Waals surface area (Å²) in [6.45, 7) is 7.42. The number of hydrogen-bond acceptors (Lipinski definition) is 4. The maximum Gasteiger partial charge on any atom is 0.266 e. The monoisotopic (exact) mass is 402 g/mol. The summed E-state index contributed by atoms with van der Waals surface area (Å²) in [5, 5.41) is 0.508. The van der Waals surface area contributed by atoms with Gasteiger partial charge in [-0.1, -0.05) is 35.6 Å². The predicted molar refractivity (Wildman–Crippen MR) is 111 cm³/mol. The SMILES string of the molecule is CC[NH+](CC)CCN(C(=O)COc1ccccc1)c1nc2c(F)cccc2s1. The molecule has 0 bridgehead atoms. The van der Waals surface area contributed by atoms with Crippen LogP contribution in [0.2, 0.25) is 0 Å². The van der Waals surface area contributed by atoms with Gasteiger partial charge in [0, 0.05) is 0 Å². The molecule has 2 aromatic carbocycles. The molecule has 0 aliphatic heterocycles. The molecule has 148 valence electrons. The molecular weight excluding hydrogens is 377 g/mol. The van der Waals surface area contributed by atoms with Gasteiger partial charge in [0.2, 0.25) is 0 Å². The van der Waals surface area contributed by atoms with Gasteiger partial charge in [-0.25, -0.2) is 9.37 Å². The summed E-state index contributed by atoms with van der Waals surface area (Å²) in [5.74, 6) is 0.0812. The molecule has 7 heteroatoms. The summed E-state index contributed by atoms with van der Waals surface area (Å²) in [5.41, 5.74) is 0.305. The lowest BCUT2D eigenvalue weighted by atomic mass is 10.3. The van der Waals surface area contributed by atoms with Gasteiger partial charge in [0.1, 0.15) is 17.1 Å². The molecule has 0 spiro atoms. The Morgan fingerprint density at radius 1 is 1.14 bits per heavy atom. The van der Waals surface area contributed by atoms with Crippen LogP contribution in [0.4, 0.5) is 9.52 Å². The fourth-order valence-corrected chi connectivity index (χ4v) is 3.98. The molecule has 0 unspecified atom stereocenters. The minimum Gasteiger partial charge on any atom is -0.484 e. The first-order valence-corrected chi connectivity index (χ1v) is 10.3. The van der Waals surface area contributed by atoms with Gasteiger partial charge in [-0.15, -0.1) is 0 Å². The lowest BCUT2D eigenvalue weighted by Crippen LogP contribution is -3.12. The minimum atomic E-state index is -0.373. The van der Waals surface area contributed by atoms with E-state index in [-0.39, 0.29) is 18.3 Å². The van der Waals surface area contributed by atoms with Crippen LogP contribution in [-0.4, -0.2) is 43.7 Å². The highest BCUT2D eigenvalue weighted by Gasteiger charge is 2.22. The normalized spacial score (nSPS) is 11.1. The molecule has 1 aromatic heterocycles. The molecule has 5 nitrogen and oxygen atoms in total. The average molecular weight is 403 g/mol. The Morgan fingerprint density at radius 3 is 2.57 bits per heavy atom. The molecule has 3 rings (SSSR count). The van der Waals surface area contributed by atoms with E-state index in [1.54, 1.807) is 11.0 Å². The summed E-state index contributed by atoms with van der Waals surface area (Å²) >= 11 is 1.33. The van der Waals surface area contributed by atoms with Gasteiger partial charge < -0.3 is 9.64 Å². The quantitative estimate of drug-likeness (QED) is 0.599. The largest absolute Gasteiger partial charge is 0.484 e. The molecular formula is C21H25FN3O2S+. The zero-order valence-corrected chi connectivity index (χ0v) is 17.0. The summed E-state index contributed by atoms with van der Waals surface area (Å²) < 4.78 is 20.4. The van der Waals surface area contributed by atoms with Crippen molar-refractivity contribution in [3.05, 3.63) is 54.3 Å². The Morgan fingerprint density at radius 2 is 1.89 bits per heavy atom. The van der Waals surface area contributed by atoms with E-state index in [2.05, 4.69) is 18.8 Å². The van der Waals surface area contributed by atoms with Crippen molar-refractivity contribution in [3.8, 4) is 5.75 Å². The third kappa shape index (κ3) is 4.85. The molecule has 3 aromatic rings. The number of rotatable bonds is 9. The van der Waals surface area contributed by atoms with E-state index in [1.807, 2.05) is 36.4 Å². The molecule has 0 radical (unpaired) electrons. The number of halogens is 1. The highest BCUT2D eigenvalue weighted by atomic mass is 32.1. The van der Waals surface area contributed by atoms with E-state index in [0.29, 0.717) is 22.9 Å². The molecule has 0 fully saturated rings. The number of likely N-dealkylation sites (N-methyl/N-ethyl adjacent to an activating group) is 1. The zero-order valence-electron chi connectivity index (χ0n) is 16.2. The van der Waals surface area contributed by atoms with Gasteiger partial charge in [-0.05, 0) is 38.1 Å². The highest BCUT2D eigenvalue weighted by Crippen LogP contribution is 2.30. The molecule has 1 heterocycles. The topological polar surface area (TPSA) is 46.9 Å². The van der Waals surface area contributed by atoms with E-state index in [9.17, 15) is 9.18 Å². The second-order valence-corrected chi connectivity index (χ2v) is 7.45. The Balaban J connectivity index is 1.80.